The van der Waals surface area contributed by atoms with Crippen LogP contribution in [-0.4, -0.2) is 14.2 Å². The Hall–Kier alpha value is -1.02. The SMILES string of the molecule is CNC(c1cccc(OC)c1)C12CC3CC(CC(C3)C1)C2. The van der Waals surface area contributed by atoms with E-state index in [9.17, 15) is 0 Å². The lowest BCUT2D eigenvalue weighted by Crippen LogP contribution is -2.51. The smallest absolute Gasteiger partial charge is 0.119 e. The van der Waals surface area contributed by atoms with E-state index < -0.39 is 0 Å². The van der Waals surface area contributed by atoms with Crippen molar-refractivity contribution in [3.63, 3.8) is 0 Å². The van der Waals surface area contributed by atoms with Gasteiger partial charge in [-0.2, -0.15) is 0 Å². The molecule has 21 heavy (non-hydrogen) atoms. The molecule has 0 amide bonds. The van der Waals surface area contributed by atoms with Gasteiger partial charge in [0.15, 0.2) is 0 Å². The summed E-state index contributed by atoms with van der Waals surface area (Å²) in [5.41, 5.74) is 1.91. The molecule has 1 aromatic rings. The van der Waals surface area contributed by atoms with E-state index in [4.69, 9.17) is 4.74 Å². The van der Waals surface area contributed by atoms with Crippen molar-refractivity contribution in [2.75, 3.05) is 14.2 Å². The van der Waals surface area contributed by atoms with Gasteiger partial charge in [0.1, 0.15) is 5.75 Å². The molecule has 0 heterocycles. The number of hydrogen-bond acceptors (Lipinski definition) is 2. The van der Waals surface area contributed by atoms with Gasteiger partial charge in [0, 0.05) is 6.04 Å². The minimum atomic E-state index is 0.487. The van der Waals surface area contributed by atoms with Crippen LogP contribution in [0.1, 0.15) is 50.1 Å². The first-order valence-electron chi connectivity index (χ1n) is 8.53. The fourth-order valence-electron chi connectivity index (χ4n) is 6.18. The van der Waals surface area contributed by atoms with Crippen LogP contribution in [0.5, 0.6) is 5.75 Å². The molecule has 4 aliphatic rings. The van der Waals surface area contributed by atoms with Crippen molar-refractivity contribution < 1.29 is 4.74 Å². The molecule has 4 aliphatic carbocycles. The van der Waals surface area contributed by atoms with Gasteiger partial charge in [-0.15, -0.1) is 0 Å². The van der Waals surface area contributed by atoms with Gasteiger partial charge in [-0.25, -0.2) is 0 Å². The molecule has 1 aromatic carbocycles. The highest BCUT2D eigenvalue weighted by atomic mass is 16.5. The van der Waals surface area contributed by atoms with Crippen LogP contribution in [0.25, 0.3) is 0 Å². The van der Waals surface area contributed by atoms with Gasteiger partial charge in [-0.3, -0.25) is 0 Å². The molecule has 114 valence electrons. The Labute approximate surface area is 128 Å². The molecule has 0 radical (unpaired) electrons. The van der Waals surface area contributed by atoms with Crippen LogP contribution >= 0.6 is 0 Å². The van der Waals surface area contributed by atoms with Crippen LogP contribution in [0.15, 0.2) is 24.3 Å². The molecule has 5 rings (SSSR count). The van der Waals surface area contributed by atoms with Crippen molar-refractivity contribution in [3.05, 3.63) is 29.8 Å². The van der Waals surface area contributed by atoms with Gasteiger partial charge < -0.3 is 10.1 Å². The maximum absolute atomic E-state index is 5.44. The summed E-state index contributed by atoms with van der Waals surface area (Å²) >= 11 is 0. The van der Waals surface area contributed by atoms with E-state index in [-0.39, 0.29) is 0 Å². The fourth-order valence-corrected chi connectivity index (χ4v) is 6.18. The number of hydrogen-bond donors (Lipinski definition) is 1. The third-order valence-corrected chi connectivity index (χ3v) is 6.41. The highest BCUT2D eigenvalue weighted by molar-refractivity contribution is 5.32. The largest absolute Gasteiger partial charge is 0.497 e. The predicted octanol–water partition coefficient (Wildman–Crippen LogP) is 4.17. The van der Waals surface area contributed by atoms with E-state index in [1.165, 1.54) is 44.1 Å². The fraction of sp³-hybridized carbons (Fsp3) is 0.684. The Morgan fingerprint density at radius 2 is 1.71 bits per heavy atom. The average molecular weight is 285 g/mol. The van der Waals surface area contributed by atoms with Gasteiger partial charge in [0.2, 0.25) is 0 Å². The highest BCUT2D eigenvalue weighted by Gasteiger charge is 2.54. The standard InChI is InChI=1S/C19H27NO/c1-20-18(16-4-3-5-17(9-16)21-2)19-10-13-6-14(11-19)8-15(7-13)12-19/h3-5,9,13-15,18,20H,6-8,10-12H2,1-2H3. The van der Waals surface area contributed by atoms with E-state index in [2.05, 4.69) is 36.6 Å². The summed E-state index contributed by atoms with van der Waals surface area (Å²) < 4.78 is 5.44. The summed E-state index contributed by atoms with van der Waals surface area (Å²) in [7, 11) is 3.90. The predicted molar refractivity (Wildman–Crippen MR) is 85.4 cm³/mol. The normalized spacial score (nSPS) is 38.5. The van der Waals surface area contributed by atoms with Crippen LogP contribution in [0.2, 0.25) is 0 Å². The highest BCUT2D eigenvalue weighted by Crippen LogP contribution is 2.64. The number of methoxy groups -OCH3 is 1. The summed E-state index contributed by atoms with van der Waals surface area (Å²) in [6.07, 6.45) is 8.82. The van der Waals surface area contributed by atoms with Gasteiger partial charge in [0.25, 0.3) is 0 Å². The Morgan fingerprint density at radius 3 is 2.24 bits per heavy atom. The summed E-state index contributed by atoms with van der Waals surface area (Å²) in [5, 5.41) is 3.67. The van der Waals surface area contributed by atoms with E-state index in [1.807, 2.05) is 0 Å². The molecule has 4 fully saturated rings. The first kappa shape index (κ1) is 13.6. The number of ether oxygens (including phenoxy) is 1. The third-order valence-electron chi connectivity index (χ3n) is 6.41. The van der Waals surface area contributed by atoms with Crippen molar-refractivity contribution in [1.29, 1.82) is 0 Å². The molecule has 0 aromatic heterocycles. The second-order valence-electron chi connectivity index (χ2n) is 7.78. The average Bonchev–Trinajstić information content (AvgIpc) is 2.46. The second kappa shape index (κ2) is 5.01. The zero-order chi connectivity index (χ0) is 14.4. The molecule has 1 N–H and O–H groups in total. The molecule has 2 nitrogen and oxygen atoms in total. The van der Waals surface area contributed by atoms with E-state index in [1.54, 1.807) is 7.11 Å². The van der Waals surface area contributed by atoms with Crippen LogP contribution in [0.4, 0.5) is 0 Å². The minimum absolute atomic E-state index is 0.487. The Morgan fingerprint density at radius 1 is 1.10 bits per heavy atom. The monoisotopic (exact) mass is 285 g/mol. The third kappa shape index (κ3) is 2.19. The quantitative estimate of drug-likeness (QED) is 0.896. The zero-order valence-corrected chi connectivity index (χ0v) is 13.3. The van der Waals surface area contributed by atoms with Crippen molar-refractivity contribution >= 4 is 0 Å². The van der Waals surface area contributed by atoms with Crippen LogP contribution < -0.4 is 10.1 Å². The Balaban J connectivity index is 1.69. The van der Waals surface area contributed by atoms with Crippen molar-refractivity contribution in [1.82, 2.24) is 5.32 Å². The molecule has 0 aliphatic heterocycles. The van der Waals surface area contributed by atoms with Crippen molar-refractivity contribution in [3.8, 4) is 5.75 Å². The first-order valence-corrected chi connectivity index (χ1v) is 8.53. The molecular weight excluding hydrogens is 258 g/mol. The number of rotatable bonds is 4. The van der Waals surface area contributed by atoms with Gasteiger partial charge in [0.05, 0.1) is 7.11 Å². The van der Waals surface area contributed by atoms with E-state index >= 15 is 0 Å². The molecule has 4 saturated carbocycles. The molecule has 1 unspecified atom stereocenters. The molecule has 0 saturated heterocycles. The molecule has 1 atom stereocenters. The Kier molecular flexibility index (Phi) is 3.25. The first-order chi connectivity index (χ1) is 10.2. The van der Waals surface area contributed by atoms with Gasteiger partial charge >= 0.3 is 0 Å². The lowest BCUT2D eigenvalue weighted by Gasteiger charge is -2.59. The molecule has 0 spiro atoms. The molecular formula is C19H27NO. The van der Waals surface area contributed by atoms with E-state index in [0.29, 0.717) is 11.5 Å². The lowest BCUT2D eigenvalue weighted by molar-refractivity contribution is -0.0736. The lowest BCUT2D eigenvalue weighted by atomic mass is 9.47. The van der Waals surface area contributed by atoms with Crippen LogP contribution in [0, 0.1) is 23.2 Å². The summed E-state index contributed by atoms with van der Waals surface area (Å²) in [6.45, 7) is 0. The maximum atomic E-state index is 5.44. The molecule has 4 bridgehead atoms. The minimum Gasteiger partial charge on any atom is -0.497 e. The maximum Gasteiger partial charge on any atom is 0.119 e. The molecule has 2 heteroatoms. The van der Waals surface area contributed by atoms with Gasteiger partial charge in [-0.1, -0.05) is 12.1 Å². The second-order valence-corrected chi connectivity index (χ2v) is 7.78. The van der Waals surface area contributed by atoms with Crippen molar-refractivity contribution in [2.24, 2.45) is 23.2 Å². The zero-order valence-electron chi connectivity index (χ0n) is 13.3. The Bertz CT molecular complexity index is 489. The number of benzene rings is 1. The van der Waals surface area contributed by atoms with Gasteiger partial charge in [-0.05, 0) is 86.4 Å². The van der Waals surface area contributed by atoms with Crippen molar-refractivity contribution in [2.45, 2.75) is 44.6 Å². The topological polar surface area (TPSA) is 21.3 Å². The number of nitrogens with one attached hydrogen (secondary N) is 1. The summed E-state index contributed by atoms with van der Waals surface area (Å²) in [5.74, 6) is 3.98. The summed E-state index contributed by atoms with van der Waals surface area (Å²) in [4.78, 5) is 0. The van der Waals surface area contributed by atoms with E-state index in [0.717, 1.165) is 23.5 Å². The van der Waals surface area contributed by atoms with Crippen LogP contribution in [0.3, 0.4) is 0 Å². The van der Waals surface area contributed by atoms with Crippen LogP contribution in [-0.2, 0) is 0 Å². The summed E-state index contributed by atoms with van der Waals surface area (Å²) in [6, 6.07) is 9.19.